The smallest absolute Gasteiger partial charge is 0.222 e. The number of ether oxygens (including phenoxy) is 3. The molecule has 1 amide bonds. The van der Waals surface area contributed by atoms with Crippen LogP contribution in [0.4, 0.5) is 0 Å². The summed E-state index contributed by atoms with van der Waals surface area (Å²) in [6, 6.07) is 20.0. The van der Waals surface area contributed by atoms with Crippen LogP contribution < -0.4 is 14.2 Å². The van der Waals surface area contributed by atoms with Gasteiger partial charge in [-0.3, -0.25) is 9.69 Å². The highest BCUT2D eigenvalue weighted by Gasteiger charge is 2.20. The number of fused-ring (bicyclic) bond motifs is 1. The average molecular weight is 587 g/mol. The van der Waals surface area contributed by atoms with Crippen LogP contribution in [-0.4, -0.2) is 73.9 Å². The van der Waals surface area contributed by atoms with Crippen molar-refractivity contribution >= 4 is 27.3 Å². The molecule has 2 fully saturated rings. The zero-order valence-corrected chi connectivity index (χ0v) is 25.0. The Hall–Kier alpha value is -3.75. The summed E-state index contributed by atoms with van der Waals surface area (Å²) in [7, 11) is 1.65. The van der Waals surface area contributed by atoms with E-state index in [-0.39, 0.29) is 11.7 Å². The number of carbonyl (C=O) groups is 1. The standard InChI is InChI=1S/C34H38N2O5S/c1-39-31-22-24(6-13-30(31)41-20-18-36-16-4-5-33(36)38)21-29-28-12-9-26(37)23-32(28)42-34(29)25-7-10-27(11-8-25)40-19-17-35-14-2-3-15-35/h6-13,22-23,37H,2-5,14-21H2,1H3. The molecule has 4 aromatic rings. The number of methoxy groups -OCH3 is 1. The molecule has 0 unspecified atom stereocenters. The topological polar surface area (TPSA) is 71.5 Å². The van der Waals surface area contributed by atoms with Crippen LogP contribution >= 0.6 is 11.3 Å². The van der Waals surface area contributed by atoms with Crippen molar-refractivity contribution in [3.63, 3.8) is 0 Å². The molecule has 8 heteroatoms. The lowest BCUT2D eigenvalue weighted by atomic mass is 9.98. The van der Waals surface area contributed by atoms with Crippen molar-refractivity contribution in [2.24, 2.45) is 0 Å². The zero-order valence-electron chi connectivity index (χ0n) is 24.1. The number of amides is 1. The molecule has 220 valence electrons. The molecular weight excluding hydrogens is 548 g/mol. The van der Waals surface area contributed by atoms with Crippen LogP contribution in [0.3, 0.4) is 0 Å². The molecule has 0 aliphatic carbocycles. The Labute approximate surface area is 251 Å². The van der Waals surface area contributed by atoms with E-state index in [0.29, 0.717) is 44.1 Å². The van der Waals surface area contributed by atoms with Crippen molar-refractivity contribution in [2.75, 3.05) is 53.0 Å². The van der Waals surface area contributed by atoms with Gasteiger partial charge in [0.05, 0.1) is 13.7 Å². The van der Waals surface area contributed by atoms with Gasteiger partial charge in [-0.1, -0.05) is 6.07 Å². The molecule has 6 rings (SSSR count). The monoisotopic (exact) mass is 586 g/mol. The van der Waals surface area contributed by atoms with Crippen molar-refractivity contribution in [2.45, 2.75) is 32.1 Å². The fourth-order valence-electron chi connectivity index (χ4n) is 5.90. The number of nitrogens with zero attached hydrogens (tertiary/aromatic N) is 2. The lowest BCUT2D eigenvalue weighted by Gasteiger charge is -2.17. The van der Waals surface area contributed by atoms with E-state index in [1.165, 1.54) is 36.4 Å². The molecule has 0 bridgehead atoms. The highest BCUT2D eigenvalue weighted by atomic mass is 32.1. The molecule has 0 spiro atoms. The molecule has 0 radical (unpaired) electrons. The summed E-state index contributed by atoms with van der Waals surface area (Å²) in [5.41, 5.74) is 3.44. The number of likely N-dealkylation sites (tertiary alicyclic amines) is 2. The van der Waals surface area contributed by atoms with Crippen LogP contribution in [0.15, 0.2) is 60.7 Å². The van der Waals surface area contributed by atoms with E-state index >= 15 is 0 Å². The minimum Gasteiger partial charge on any atom is -0.508 e. The number of rotatable bonds is 12. The Morgan fingerprint density at radius 1 is 0.857 bits per heavy atom. The molecule has 2 saturated heterocycles. The van der Waals surface area contributed by atoms with E-state index in [9.17, 15) is 9.90 Å². The number of hydrogen-bond acceptors (Lipinski definition) is 7. The summed E-state index contributed by atoms with van der Waals surface area (Å²) in [5.74, 6) is 2.70. The number of phenols is 1. The van der Waals surface area contributed by atoms with Crippen molar-refractivity contribution in [3.8, 4) is 33.4 Å². The molecule has 0 atom stereocenters. The van der Waals surface area contributed by atoms with E-state index in [2.05, 4.69) is 35.2 Å². The van der Waals surface area contributed by atoms with Crippen molar-refractivity contribution < 1.29 is 24.1 Å². The van der Waals surface area contributed by atoms with Gasteiger partial charge < -0.3 is 24.2 Å². The number of thiophene rings is 1. The van der Waals surface area contributed by atoms with Crippen LogP contribution in [0.2, 0.25) is 0 Å². The largest absolute Gasteiger partial charge is 0.508 e. The number of phenolic OH excluding ortho intramolecular Hbond substituents is 1. The van der Waals surface area contributed by atoms with Gasteiger partial charge in [0.2, 0.25) is 5.91 Å². The summed E-state index contributed by atoms with van der Waals surface area (Å²) < 4.78 is 18.8. The number of carbonyl (C=O) groups excluding carboxylic acids is 1. The Balaban J connectivity index is 1.19. The first-order valence-electron chi connectivity index (χ1n) is 14.8. The van der Waals surface area contributed by atoms with Crippen LogP contribution in [0, 0.1) is 0 Å². The van der Waals surface area contributed by atoms with Gasteiger partial charge in [0.15, 0.2) is 11.5 Å². The summed E-state index contributed by atoms with van der Waals surface area (Å²) >= 11 is 1.69. The molecule has 3 aromatic carbocycles. The van der Waals surface area contributed by atoms with Gasteiger partial charge in [0.25, 0.3) is 0 Å². The van der Waals surface area contributed by atoms with E-state index in [1.807, 2.05) is 29.2 Å². The molecule has 1 N–H and O–H groups in total. The summed E-state index contributed by atoms with van der Waals surface area (Å²) in [4.78, 5) is 17.4. The average Bonchev–Trinajstić information content (AvgIpc) is 3.75. The first-order valence-corrected chi connectivity index (χ1v) is 15.7. The Morgan fingerprint density at radius 2 is 1.67 bits per heavy atom. The molecule has 2 aliphatic heterocycles. The number of hydrogen-bond donors (Lipinski definition) is 1. The maximum atomic E-state index is 11.9. The normalized spacial score (nSPS) is 15.5. The molecule has 7 nitrogen and oxygen atoms in total. The number of benzene rings is 3. The van der Waals surface area contributed by atoms with Gasteiger partial charge in [-0.05, 0) is 115 Å². The van der Waals surface area contributed by atoms with Gasteiger partial charge in [-0.25, -0.2) is 0 Å². The van der Waals surface area contributed by atoms with Crippen molar-refractivity contribution in [1.82, 2.24) is 9.80 Å². The summed E-state index contributed by atoms with van der Waals surface area (Å²) in [6.07, 6.45) is 4.83. The molecule has 0 saturated carbocycles. The highest BCUT2D eigenvalue weighted by molar-refractivity contribution is 7.22. The molecule has 3 heterocycles. The third kappa shape index (κ3) is 6.50. The predicted octanol–water partition coefficient (Wildman–Crippen LogP) is 6.35. The Morgan fingerprint density at radius 3 is 2.43 bits per heavy atom. The quantitative estimate of drug-likeness (QED) is 0.209. The number of aromatic hydroxyl groups is 1. The van der Waals surface area contributed by atoms with Gasteiger partial charge in [-0.2, -0.15) is 0 Å². The molecule has 42 heavy (non-hydrogen) atoms. The maximum Gasteiger partial charge on any atom is 0.222 e. The second-order valence-corrected chi connectivity index (χ2v) is 12.1. The highest BCUT2D eigenvalue weighted by Crippen LogP contribution is 2.42. The summed E-state index contributed by atoms with van der Waals surface area (Å²) in [6.45, 7) is 5.85. The summed E-state index contributed by atoms with van der Waals surface area (Å²) in [5, 5.41) is 11.3. The maximum absolute atomic E-state index is 11.9. The lowest BCUT2D eigenvalue weighted by Crippen LogP contribution is -2.29. The molecule has 2 aliphatic rings. The minimum atomic E-state index is 0.202. The third-order valence-electron chi connectivity index (χ3n) is 8.17. The van der Waals surface area contributed by atoms with E-state index in [0.717, 1.165) is 46.5 Å². The fraction of sp³-hybridized carbons (Fsp3) is 0.382. The Bertz CT molecular complexity index is 1530. The molecule has 1 aromatic heterocycles. The van der Waals surface area contributed by atoms with E-state index in [4.69, 9.17) is 14.2 Å². The van der Waals surface area contributed by atoms with Crippen LogP contribution in [0.25, 0.3) is 20.5 Å². The predicted molar refractivity (Wildman–Crippen MR) is 167 cm³/mol. The first-order chi connectivity index (χ1) is 20.6. The van der Waals surface area contributed by atoms with E-state index < -0.39 is 0 Å². The van der Waals surface area contributed by atoms with Crippen LogP contribution in [-0.2, 0) is 11.2 Å². The first kappa shape index (κ1) is 28.4. The second-order valence-electron chi connectivity index (χ2n) is 11.0. The van der Waals surface area contributed by atoms with Gasteiger partial charge >= 0.3 is 0 Å². The lowest BCUT2D eigenvalue weighted by molar-refractivity contribution is -0.128. The molecular formula is C34H38N2O5S. The second kappa shape index (κ2) is 13.0. The fourth-order valence-corrected chi connectivity index (χ4v) is 7.16. The van der Waals surface area contributed by atoms with Crippen molar-refractivity contribution in [3.05, 3.63) is 71.8 Å². The van der Waals surface area contributed by atoms with E-state index in [1.54, 1.807) is 24.5 Å². The SMILES string of the molecule is COc1cc(Cc2c(-c3ccc(OCCN4CCCC4)cc3)sc3cc(O)ccc23)ccc1OCCN1CCCC1=O. The minimum absolute atomic E-state index is 0.202. The van der Waals surface area contributed by atoms with Crippen molar-refractivity contribution in [1.29, 1.82) is 0 Å². The van der Waals surface area contributed by atoms with Gasteiger partial charge in [-0.15, -0.1) is 11.3 Å². The van der Waals surface area contributed by atoms with Crippen LogP contribution in [0.5, 0.6) is 23.0 Å². The Kier molecular flexibility index (Phi) is 8.81. The zero-order chi connectivity index (χ0) is 28.9. The third-order valence-corrected chi connectivity index (χ3v) is 9.41. The van der Waals surface area contributed by atoms with Gasteiger partial charge in [0, 0.05) is 29.1 Å². The van der Waals surface area contributed by atoms with Gasteiger partial charge in [0.1, 0.15) is 24.7 Å². The van der Waals surface area contributed by atoms with Crippen LogP contribution in [0.1, 0.15) is 36.8 Å².